The zero-order valence-electron chi connectivity index (χ0n) is 11.3. The Balaban J connectivity index is 2.40. The predicted molar refractivity (Wildman–Crippen MR) is 84.8 cm³/mol. The summed E-state index contributed by atoms with van der Waals surface area (Å²) in [6, 6.07) is 5.01. The second-order valence-electron chi connectivity index (χ2n) is 4.77. The summed E-state index contributed by atoms with van der Waals surface area (Å²) in [4.78, 5) is 13.2. The highest BCUT2D eigenvalue weighted by atomic mass is 35.5. The van der Waals surface area contributed by atoms with Crippen molar-refractivity contribution in [1.82, 2.24) is 0 Å². The third kappa shape index (κ3) is 3.30. The zero-order valence-corrected chi connectivity index (χ0v) is 13.7. The van der Waals surface area contributed by atoms with Crippen LogP contribution in [0.3, 0.4) is 0 Å². The largest absolute Gasteiger partial charge is 0.352 e. The molecule has 0 saturated carbocycles. The summed E-state index contributed by atoms with van der Waals surface area (Å²) in [7, 11) is -3.19. The van der Waals surface area contributed by atoms with Crippen molar-refractivity contribution in [3.05, 3.63) is 28.8 Å². The van der Waals surface area contributed by atoms with E-state index in [1.807, 2.05) is 4.90 Å². The van der Waals surface area contributed by atoms with E-state index in [-0.39, 0.29) is 5.78 Å². The Bertz CT molecular complexity index is 631. The number of carbonyl (C=O) groups excluding carboxylic acids is 1. The fraction of sp³-hybridized carbons (Fsp3) is 0.462. The molecule has 1 atom stereocenters. The molecule has 1 saturated heterocycles. The maximum Gasteiger partial charge on any atom is 0.169 e. The lowest BCUT2D eigenvalue weighted by Gasteiger charge is -2.36. The number of sulfone groups is 1. The van der Waals surface area contributed by atoms with Crippen molar-refractivity contribution in [2.75, 3.05) is 29.2 Å². The molecule has 0 N–H and O–H groups in total. The molecule has 0 bridgehead atoms. The summed E-state index contributed by atoms with van der Waals surface area (Å²) in [6.07, 6.45) is 1.24. The molecule has 2 rings (SSSR count). The molecule has 1 unspecified atom stereocenters. The lowest BCUT2D eigenvalue weighted by atomic mass is 10.1. The standard InChI is InChI=1S/C13H16ClNO3S2/c1-9(16)10-3-4-12(11(14)7-10)15-5-6-19-8-13(15)20(2,17)18/h3-4,7,13H,5-6,8H2,1-2H3. The number of anilines is 1. The van der Waals surface area contributed by atoms with Gasteiger partial charge in [-0.05, 0) is 25.1 Å². The van der Waals surface area contributed by atoms with Crippen molar-refractivity contribution in [2.45, 2.75) is 12.3 Å². The minimum atomic E-state index is -3.19. The van der Waals surface area contributed by atoms with E-state index in [4.69, 9.17) is 11.6 Å². The van der Waals surface area contributed by atoms with E-state index < -0.39 is 15.2 Å². The van der Waals surface area contributed by atoms with E-state index in [0.29, 0.717) is 28.6 Å². The Morgan fingerprint density at radius 2 is 2.15 bits per heavy atom. The van der Waals surface area contributed by atoms with Gasteiger partial charge in [0.2, 0.25) is 0 Å². The van der Waals surface area contributed by atoms with Crippen molar-refractivity contribution < 1.29 is 13.2 Å². The van der Waals surface area contributed by atoms with Gasteiger partial charge in [-0.3, -0.25) is 4.79 Å². The van der Waals surface area contributed by atoms with Crippen LogP contribution in [0.1, 0.15) is 17.3 Å². The van der Waals surface area contributed by atoms with Gasteiger partial charge in [-0.2, -0.15) is 11.8 Å². The van der Waals surface area contributed by atoms with Gasteiger partial charge in [0.15, 0.2) is 15.6 Å². The molecule has 0 spiro atoms. The Labute approximate surface area is 128 Å². The van der Waals surface area contributed by atoms with Crippen molar-refractivity contribution in [3.8, 4) is 0 Å². The molecule has 1 aromatic carbocycles. The molecule has 1 heterocycles. The third-order valence-electron chi connectivity index (χ3n) is 3.24. The molecule has 1 aliphatic rings. The van der Waals surface area contributed by atoms with E-state index in [1.54, 1.807) is 30.0 Å². The van der Waals surface area contributed by atoms with E-state index in [0.717, 1.165) is 5.75 Å². The summed E-state index contributed by atoms with van der Waals surface area (Å²) < 4.78 is 23.8. The van der Waals surface area contributed by atoms with E-state index in [1.165, 1.54) is 13.2 Å². The average Bonchev–Trinajstić information content (AvgIpc) is 2.37. The number of halogens is 1. The van der Waals surface area contributed by atoms with Crippen molar-refractivity contribution in [2.24, 2.45) is 0 Å². The summed E-state index contributed by atoms with van der Waals surface area (Å²) in [5, 5.41) is -0.153. The van der Waals surface area contributed by atoms with Gasteiger partial charge in [0.25, 0.3) is 0 Å². The van der Waals surface area contributed by atoms with Gasteiger partial charge in [0.1, 0.15) is 5.37 Å². The maximum absolute atomic E-state index is 11.9. The molecule has 1 fully saturated rings. The monoisotopic (exact) mass is 333 g/mol. The van der Waals surface area contributed by atoms with Gasteiger partial charge in [-0.15, -0.1) is 0 Å². The van der Waals surface area contributed by atoms with Crippen LogP contribution < -0.4 is 4.90 Å². The number of ketones is 1. The molecule has 20 heavy (non-hydrogen) atoms. The molecular formula is C13H16ClNO3S2. The normalized spacial score (nSPS) is 19.9. The van der Waals surface area contributed by atoms with Crippen LogP contribution in [0.15, 0.2) is 18.2 Å². The minimum absolute atomic E-state index is 0.0627. The average molecular weight is 334 g/mol. The summed E-state index contributed by atoms with van der Waals surface area (Å²) >= 11 is 7.85. The summed E-state index contributed by atoms with van der Waals surface area (Å²) in [5.74, 6) is 1.33. The maximum atomic E-state index is 11.9. The zero-order chi connectivity index (χ0) is 14.9. The summed E-state index contributed by atoms with van der Waals surface area (Å²) in [5.41, 5.74) is 1.20. The predicted octanol–water partition coefficient (Wildman–Crippen LogP) is 2.47. The molecular weight excluding hydrogens is 318 g/mol. The van der Waals surface area contributed by atoms with Gasteiger partial charge in [0, 0.05) is 29.9 Å². The minimum Gasteiger partial charge on any atom is -0.352 e. The van der Waals surface area contributed by atoms with Crippen molar-refractivity contribution in [1.29, 1.82) is 0 Å². The molecule has 0 aliphatic carbocycles. The second kappa shape index (κ2) is 5.95. The number of Topliss-reactive ketones (excluding diaryl/α,β-unsaturated/α-hetero) is 1. The lowest BCUT2D eigenvalue weighted by Crippen LogP contribution is -2.47. The van der Waals surface area contributed by atoms with Crippen LogP contribution in [-0.4, -0.2) is 43.9 Å². The molecule has 0 aromatic heterocycles. The Hall–Kier alpha value is -0.720. The molecule has 4 nitrogen and oxygen atoms in total. The lowest BCUT2D eigenvalue weighted by molar-refractivity contribution is 0.101. The van der Waals surface area contributed by atoms with Crippen molar-refractivity contribution in [3.63, 3.8) is 0 Å². The molecule has 110 valence electrons. The second-order valence-corrected chi connectivity index (χ2v) is 8.54. The SMILES string of the molecule is CC(=O)c1ccc(N2CCSCC2S(C)(=O)=O)c(Cl)c1. The van der Waals surface area contributed by atoms with Crippen molar-refractivity contribution >= 4 is 44.7 Å². The first-order valence-corrected chi connectivity index (χ1v) is 9.63. The first-order chi connectivity index (χ1) is 9.30. The van der Waals surface area contributed by atoms with Gasteiger partial charge in [-0.1, -0.05) is 11.6 Å². The van der Waals surface area contributed by atoms with Crippen LogP contribution in [-0.2, 0) is 9.84 Å². The summed E-state index contributed by atoms with van der Waals surface area (Å²) in [6.45, 7) is 2.10. The molecule has 1 aliphatic heterocycles. The quantitative estimate of drug-likeness (QED) is 0.795. The third-order valence-corrected chi connectivity index (χ3v) is 6.19. The van der Waals surface area contributed by atoms with Crippen LogP contribution >= 0.6 is 23.4 Å². The Kier molecular flexibility index (Phi) is 4.66. The number of benzene rings is 1. The number of carbonyl (C=O) groups is 1. The van der Waals surface area contributed by atoms with E-state index in [2.05, 4.69) is 0 Å². The van der Waals surface area contributed by atoms with Crippen LogP contribution in [0.25, 0.3) is 0 Å². The Morgan fingerprint density at radius 1 is 1.45 bits per heavy atom. The fourth-order valence-corrected chi connectivity index (χ4v) is 5.29. The number of hydrogen-bond donors (Lipinski definition) is 0. The fourth-order valence-electron chi connectivity index (χ4n) is 2.17. The number of rotatable bonds is 3. The number of nitrogens with zero attached hydrogens (tertiary/aromatic N) is 1. The van der Waals surface area contributed by atoms with Gasteiger partial charge >= 0.3 is 0 Å². The molecule has 0 amide bonds. The van der Waals surface area contributed by atoms with Gasteiger partial charge in [-0.25, -0.2) is 8.42 Å². The topological polar surface area (TPSA) is 54.5 Å². The van der Waals surface area contributed by atoms with Crippen LogP contribution in [0.2, 0.25) is 5.02 Å². The molecule has 1 aromatic rings. The highest BCUT2D eigenvalue weighted by molar-refractivity contribution is 8.01. The Morgan fingerprint density at radius 3 is 2.70 bits per heavy atom. The van der Waals surface area contributed by atoms with Crippen LogP contribution in [0.5, 0.6) is 0 Å². The van der Waals surface area contributed by atoms with E-state index in [9.17, 15) is 13.2 Å². The van der Waals surface area contributed by atoms with Gasteiger partial charge in [0.05, 0.1) is 10.7 Å². The molecule has 7 heteroatoms. The van der Waals surface area contributed by atoms with Crippen LogP contribution in [0.4, 0.5) is 5.69 Å². The highest BCUT2D eigenvalue weighted by Crippen LogP contribution is 2.33. The first kappa shape index (κ1) is 15.7. The number of hydrogen-bond acceptors (Lipinski definition) is 5. The van der Waals surface area contributed by atoms with Crippen LogP contribution in [0, 0.1) is 0 Å². The van der Waals surface area contributed by atoms with E-state index >= 15 is 0 Å². The number of thioether (sulfide) groups is 1. The first-order valence-electron chi connectivity index (χ1n) is 6.14. The smallest absolute Gasteiger partial charge is 0.169 e. The van der Waals surface area contributed by atoms with Gasteiger partial charge < -0.3 is 4.90 Å². The molecule has 0 radical (unpaired) electrons. The highest BCUT2D eigenvalue weighted by Gasteiger charge is 2.32.